The van der Waals surface area contributed by atoms with Crippen LogP contribution in [0.15, 0.2) is 0 Å². The third-order valence-electron chi connectivity index (χ3n) is 3.31. The Morgan fingerprint density at radius 1 is 1.18 bits per heavy atom. The fourth-order valence-electron chi connectivity index (χ4n) is 2.22. The molecule has 1 fully saturated rings. The van der Waals surface area contributed by atoms with Crippen molar-refractivity contribution in [1.29, 1.82) is 0 Å². The lowest BCUT2D eigenvalue weighted by atomic mass is 9.85. The molecule has 1 aliphatic rings. The Morgan fingerprint density at radius 3 is 2.35 bits per heavy atom. The van der Waals surface area contributed by atoms with E-state index in [0.29, 0.717) is 12.8 Å². The molecule has 0 unspecified atom stereocenters. The second-order valence-electron chi connectivity index (χ2n) is 4.70. The molecule has 1 rings (SSSR count). The summed E-state index contributed by atoms with van der Waals surface area (Å²) in [5, 5.41) is 11.6. The summed E-state index contributed by atoms with van der Waals surface area (Å²) in [5.41, 5.74) is 5.24. The largest absolute Gasteiger partial charge is 0.396 e. The zero-order valence-corrected chi connectivity index (χ0v) is 10.2. The number of carbonyl (C=O) groups is 2. The minimum absolute atomic E-state index is 0.0162. The average Bonchev–Trinajstić information content (AvgIpc) is 2.30. The molecule has 1 saturated carbocycles. The average molecular weight is 242 g/mol. The second-order valence-corrected chi connectivity index (χ2v) is 4.70. The fraction of sp³-hybridized carbons (Fsp3) is 0.833. The predicted molar refractivity (Wildman–Crippen MR) is 64.0 cm³/mol. The number of carbonyl (C=O) groups excluding carboxylic acids is 2. The predicted octanol–water partition coefficient (Wildman–Crippen LogP) is 0.309. The van der Waals surface area contributed by atoms with Crippen molar-refractivity contribution in [3.05, 3.63) is 0 Å². The van der Waals surface area contributed by atoms with Crippen LogP contribution in [0.2, 0.25) is 0 Å². The molecule has 0 aliphatic heterocycles. The normalized spacial score (nSPS) is 24.3. The standard InChI is InChI=1S/C12H22N2O3/c13-12(17)9-4-6-10(7-5-9)14-11(16)3-1-2-8-15/h9-10,15H,1-8H2,(H2,13,17)(H,14,16). The molecule has 4 N–H and O–H groups in total. The molecule has 0 radical (unpaired) electrons. The number of amides is 2. The number of nitrogens with two attached hydrogens (primary N) is 1. The van der Waals surface area contributed by atoms with Crippen LogP contribution in [-0.2, 0) is 9.59 Å². The monoisotopic (exact) mass is 242 g/mol. The van der Waals surface area contributed by atoms with Gasteiger partial charge in [-0.05, 0) is 38.5 Å². The van der Waals surface area contributed by atoms with Gasteiger partial charge in [0.05, 0.1) is 0 Å². The van der Waals surface area contributed by atoms with Crippen LogP contribution >= 0.6 is 0 Å². The summed E-state index contributed by atoms with van der Waals surface area (Å²) >= 11 is 0. The van der Waals surface area contributed by atoms with Crippen LogP contribution in [0.4, 0.5) is 0 Å². The van der Waals surface area contributed by atoms with Gasteiger partial charge >= 0.3 is 0 Å². The van der Waals surface area contributed by atoms with Gasteiger partial charge in [0, 0.05) is 25.0 Å². The maximum Gasteiger partial charge on any atom is 0.220 e. The second kappa shape index (κ2) is 7.27. The molecule has 17 heavy (non-hydrogen) atoms. The number of rotatable bonds is 6. The molecule has 0 bridgehead atoms. The van der Waals surface area contributed by atoms with E-state index in [9.17, 15) is 9.59 Å². The first-order chi connectivity index (χ1) is 8.13. The SMILES string of the molecule is NC(=O)C1CCC(NC(=O)CCCCO)CC1. The van der Waals surface area contributed by atoms with Crippen LogP contribution in [0.3, 0.4) is 0 Å². The highest BCUT2D eigenvalue weighted by Crippen LogP contribution is 2.23. The van der Waals surface area contributed by atoms with Crippen LogP contribution in [0.25, 0.3) is 0 Å². The fourth-order valence-corrected chi connectivity index (χ4v) is 2.22. The number of hydrogen-bond acceptors (Lipinski definition) is 3. The molecule has 0 saturated heterocycles. The molecule has 0 aromatic carbocycles. The number of hydrogen-bond donors (Lipinski definition) is 3. The van der Waals surface area contributed by atoms with E-state index in [1.165, 1.54) is 0 Å². The zero-order chi connectivity index (χ0) is 12.7. The van der Waals surface area contributed by atoms with E-state index in [-0.39, 0.29) is 30.4 Å². The molecule has 0 heterocycles. The van der Waals surface area contributed by atoms with Gasteiger partial charge in [0.1, 0.15) is 0 Å². The Kier molecular flexibility index (Phi) is 5.97. The number of aliphatic hydroxyl groups excluding tert-OH is 1. The Morgan fingerprint density at radius 2 is 1.82 bits per heavy atom. The highest BCUT2D eigenvalue weighted by molar-refractivity contribution is 5.77. The van der Waals surface area contributed by atoms with Crippen LogP contribution in [0.1, 0.15) is 44.9 Å². The van der Waals surface area contributed by atoms with E-state index in [1.54, 1.807) is 0 Å². The quantitative estimate of drug-likeness (QED) is 0.585. The van der Waals surface area contributed by atoms with E-state index in [0.717, 1.165) is 32.1 Å². The number of aliphatic hydroxyl groups is 1. The Balaban J connectivity index is 2.17. The van der Waals surface area contributed by atoms with Crippen molar-refractivity contribution in [1.82, 2.24) is 5.32 Å². The van der Waals surface area contributed by atoms with Crippen molar-refractivity contribution >= 4 is 11.8 Å². The van der Waals surface area contributed by atoms with Gasteiger partial charge in [0.15, 0.2) is 0 Å². The van der Waals surface area contributed by atoms with Gasteiger partial charge in [-0.2, -0.15) is 0 Å². The molecule has 98 valence electrons. The summed E-state index contributed by atoms with van der Waals surface area (Å²) in [6.07, 6.45) is 5.07. The van der Waals surface area contributed by atoms with Crippen LogP contribution < -0.4 is 11.1 Å². The molecule has 1 aliphatic carbocycles. The maximum absolute atomic E-state index is 11.5. The summed E-state index contributed by atoms with van der Waals surface area (Å²) in [6.45, 7) is 0.136. The molecular formula is C12H22N2O3. The first-order valence-electron chi connectivity index (χ1n) is 6.33. The lowest BCUT2D eigenvalue weighted by Crippen LogP contribution is -2.39. The molecule has 5 nitrogen and oxygen atoms in total. The van der Waals surface area contributed by atoms with Gasteiger partial charge < -0.3 is 16.2 Å². The number of primary amides is 1. The van der Waals surface area contributed by atoms with E-state index in [4.69, 9.17) is 10.8 Å². The van der Waals surface area contributed by atoms with Gasteiger partial charge in [-0.3, -0.25) is 9.59 Å². The molecule has 0 aromatic heterocycles. The molecule has 0 atom stereocenters. The van der Waals surface area contributed by atoms with Crippen molar-refractivity contribution < 1.29 is 14.7 Å². The molecular weight excluding hydrogens is 220 g/mol. The minimum Gasteiger partial charge on any atom is -0.396 e. The molecule has 2 amide bonds. The van der Waals surface area contributed by atoms with Crippen molar-refractivity contribution in [2.75, 3.05) is 6.61 Å². The van der Waals surface area contributed by atoms with E-state index < -0.39 is 0 Å². The van der Waals surface area contributed by atoms with Gasteiger partial charge in [-0.15, -0.1) is 0 Å². The smallest absolute Gasteiger partial charge is 0.220 e. The first kappa shape index (κ1) is 14.0. The van der Waals surface area contributed by atoms with E-state index in [2.05, 4.69) is 5.32 Å². The highest BCUT2D eigenvalue weighted by Gasteiger charge is 2.25. The molecule has 0 aromatic rings. The summed E-state index contributed by atoms with van der Waals surface area (Å²) < 4.78 is 0. The topological polar surface area (TPSA) is 92.4 Å². The first-order valence-corrected chi connectivity index (χ1v) is 6.33. The van der Waals surface area contributed by atoms with Gasteiger partial charge in [-0.1, -0.05) is 0 Å². The zero-order valence-electron chi connectivity index (χ0n) is 10.2. The van der Waals surface area contributed by atoms with E-state index in [1.807, 2.05) is 0 Å². The maximum atomic E-state index is 11.5. The van der Waals surface area contributed by atoms with Crippen molar-refractivity contribution in [2.45, 2.75) is 51.0 Å². The van der Waals surface area contributed by atoms with Crippen molar-refractivity contribution in [2.24, 2.45) is 11.7 Å². The molecule has 0 spiro atoms. The summed E-state index contributed by atoms with van der Waals surface area (Å²) in [5.74, 6) is -0.198. The summed E-state index contributed by atoms with van der Waals surface area (Å²) in [7, 11) is 0. The lowest BCUT2D eigenvalue weighted by molar-refractivity contribution is -0.123. The van der Waals surface area contributed by atoms with E-state index >= 15 is 0 Å². The summed E-state index contributed by atoms with van der Waals surface area (Å²) in [4.78, 5) is 22.5. The number of unbranched alkanes of at least 4 members (excludes halogenated alkanes) is 1. The van der Waals surface area contributed by atoms with Crippen molar-refractivity contribution in [3.63, 3.8) is 0 Å². The van der Waals surface area contributed by atoms with Crippen molar-refractivity contribution in [3.8, 4) is 0 Å². The number of nitrogens with one attached hydrogen (secondary N) is 1. The van der Waals surface area contributed by atoms with Gasteiger partial charge in [0.25, 0.3) is 0 Å². The molecule has 5 heteroatoms. The third kappa shape index (κ3) is 5.17. The van der Waals surface area contributed by atoms with Crippen LogP contribution in [0.5, 0.6) is 0 Å². The lowest BCUT2D eigenvalue weighted by Gasteiger charge is -2.27. The highest BCUT2D eigenvalue weighted by atomic mass is 16.3. The van der Waals surface area contributed by atoms with Gasteiger partial charge in [0.2, 0.25) is 11.8 Å². The summed E-state index contributed by atoms with van der Waals surface area (Å²) in [6, 6.07) is 0.187. The minimum atomic E-state index is -0.224. The van der Waals surface area contributed by atoms with Crippen LogP contribution in [0, 0.1) is 5.92 Å². The Bertz CT molecular complexity index is 260. The Hall–Kier alpha value is -1.10. The van der Waals surface area contributed by atoms with Crippen LogP contribution in [-0.4, -0.2) is 29.6 Å². The third-order valence-corrected chi connectivity index (χ3v) is 3.31. The van der Waals surface area contributed by atoms with Gasteiger partial charge in [-0.25, -0.2) is 0 Å². The Labute approximate surface area is 102 Å².